The summed E-state index contributed by atoms with van der Waals surface area (Å²) in [4.78, 5) is 23.9. The molecule has 0 aliphatic heterocycles. The molecule has 1 aromatic carbocycles. The summed E-state index contributed by atoms with van der Waals surface area (Å²) in [7, 11) is 0. The van der Waals surface area contributed by atoms with Gasteiger partial charge in [-0.15, -0.1) is 23.7 Å². The number of nitrogens with zero attached hydrogens (tertiary/aromatic N) is 4. The molecule has 0 saturated carbocycles. The highest BCUT2D eigenvalue weighted by atomic mass is 35.5. The summed E-state index contributed by atoms with van der Waals surface area (Å²) in [5, 5.41) is 2.47. The van der Waals surface area contributed by atoms with Crippen LogP contribution in [0.3, 0.4) is 0 Å². The minimum absolute atomic E-state index is 0. The molecule has 27 heavy (non-hydrogen) atoms. The van der Waals surface area contributed by atoms with E-state index in [0.717, 1.165) is 17.7 Å². The predicted octanol–water partition coefficient (Wildman–Crippen LogP) is 4.85. The van der Waals surface area contributed by atoms with Crippen LogP contribution in [0.15, 0.2) is 54.4 Å². The summed E-state index contributed by atoms with van der Waals surface area (Å²) in [5.41, 5.74) is 0.699. The Morgan fingerprint density at radius 1 is 1.30 bits per heavy atom. The van der Waals surface area contributed by atoms with E-state index in [-0.39, 0.29) is 24.1 Å². The first-order valence-electron chi connectivity index (χ1n) is 8.08. The average molecular weight is 423 g/mol. The minimum atomic E-state index is -0.302. The normalized spacial score (nSPS) is 10.7. The lowest BCUT2D eigenvalue weighted by molar-refractivity contribution is 0.0990. The van der Waals surface area contributed by atoms with Crippen LogP contribution in [0.2, 0.25) is 0 Å². The van der Waals surface area contributed by atoms with E-state index >= 15 is 0 Å². The van der Waals surface area contributed by atoms with Gasteiger partial charge in [-0.2, -0.15) is 0 Å². The van der Waals surface area contributed by atoms with E-state index in [1.165, 1.54) is 34.8 Å². The summed E-state index contributed by atoms with van der Waals surface area (Å²) in [6, 6.07) is 8.15. The molecular weight excluding hydrogens is 407 g/mol. The number of amides is 1. The van der Waals surface area contributed by atoms with Gasteiger partial charge in [0.25, 0.3) is 5.91 Å². The summed E-state index contributed by atoms with van der Waals surface area (Å²) >= 11 is 2.74. The second-order valence-electron chi connectivity index (χ2n) is 5.70. The number of halogens is 2. The number of benzene rings is 1. The fourth-order valence-corrected chi connectivity index (χ4v) is 4.34. The SMILES string of the molecule is Cl.O=C(c1cccs1)N(CCCn1ccnc1)c1nc2ccc(F)cc2s1. The lowest BCUT2D eigenvalue weighted by atomic mass is 10.3. The number of thiophene rings is 1. The Morgan fingerprint density at radius 2 is 2.19 bits per heavy atom. The molecule has 0 radical (unpaired) electrons. The second kappa shape index (κ2) is 8.60. The molecule has 140 valence electrons. The van der Waals surface area contributed by atoms with Crippen molar-refractivity contribution in [3.8, 4) is 0 Å². The highest BCUT2D eigenvalue weighted by Crippen LogP contribution is 2.31. The standard InChI is InChI=1S/C18H15FN4OS2.ClH/c19-13-4-5-14-16(11-13)26-18(21-14)23(17(24)15-3-1-10-25-15)8-2-7-22-9-6-20-12-22;/h1,3-6,9-12H,2,7-8H2;1H. The molecule has 0 unspecified atom stereocenters. The molecule has 4 rings (SSSR count). The van der Waals surface area contributed by atoms with Crippen molar-refractivity contribution in [2.45, 2.75) is 13.0 Å². The Kier molecular flexibility index (Phi) is 6.20. The van der Waals surface area contributed by atoms with Crippen LogP contribution in [-0.4, -0.2) is 27.0 Å². The number of hydrogen-bond acceptors (Lipinski definition) is 5. The number of thiazole rings is 1. The van der Waals surface area contributed by atoms with Gasteiger partial charge in [-0.05, 0) is 36.1 Å². The number of aryl methyl sites for hydroxylation is 1. The van der Waals surface area contributed by atoms with Gasteiger partial charge in [0.1, 0.15) is 5.82 Å². The van der Waals surface area contributed by atoms with Gasteiger partial charge in [-0.25, -0.2) is 14.4 Å². The monoisotopic (exact) mass is 422 g/mol. The van der Waals surface area contributed by atoms with Gasteiger partial charge in [-0.3, -0.25) is 9.69 Å². The number of rotatable bonds is 6. The van der Waals surface area contributed by atoms with E-state index in [1.807, 2.05) is 28.3 Å². The van der Waals surface area contributed by atoms with Crippen LogP contribution >= 0.6 is 35.1 Å². The molecule has 1 amide bonds. The number of anilines is 1. The summed E-state index contributed by atoms with van der Waals surface area (Å²) in [6.07, 6.45) is 6.15. The highest BCUT2D eigenvalue weighted by Gasteiger charge is 2.22. The number of imidazole rings is 1. The maximum atomic E-state index is 13.5. The van der Waals surface area contributed by atoms with Gasteiger partial charge in [0.2, 0.25) is 0 Å². The maximum Gasteiger partial charge on any atom is 0.270 e. The van der Waals surface area contributed by atoms with Crippen molar-refractivity contribution >= 4 is 56.3 Å². The summed E-state index contributed by atoms with van der Waals surface area (Å²) in [5.74, 6) is -0.380. The third-order valence-electron chi connectivity index (χ3n) is 3.90. The van der Waals surface area contributed by atoms with Crippen LogP contribution in [0.4, 0.5) is 9.52 Å². The third-order valence-corrected chi connectivity index (χ3v) is 5.80. The first-order valence-corrected chi connectivity index (χ1v) is 9.77. The Balaban J connectivity index is 0.00000210. The second-order valence-corrected chi connectivity index (χ2v) is 7.65. The van der Waals surface area contributed by atoms with E-state index in [4.69, 9.17) is 0 Å². The lowest BCUT2D eigenvalue weighted by Crippen LogP contribution is -2.31. The van der Waals surface area contributed by atoms with E-state index in [2.05, 4.69) is 9.97 Å². The molecule has 0 aliphatic carbocycles. The summed E-state index contributed by atoms with van der Waals surface area (Å²) in [6.45, 7) is 1.28. The average Bonchev–Trinajstić information content (AvgIpc) is 3.38. The molecule has 9 heteroatoms. The fourth-order valence-electron chi connectivity index (χ4n) is 2.65. The van der Waals surface area contributed by atoms with Crippen LogP contribution < -0.4 is 4.90 Å². The summed E-state index contributed by atoms with van der Waals surface area (Å²) < 4.78 is 16.2. The maximum absolute atomic E-state index is 13.5. The van der Waals surface area contributed by atoms with Gasteiger partial charge in [0.15, 0.2) is 5.13 Å². The smallest absolute Gasteiger partial charge is 0.270 e. The number of aromatic nitrogens is 3. The zero-order valence-corrected chi connectivity index (χ0v) is 16.6. The molecule has 0 saturated heterocycles. The van der Waals surface area contributed by atoms with Crippen LogP contribution in [0, 0.1) is 5.82 Å². The van der Waals surface area contributed by atoms with Crippen molar-refractivity contribution in [2.24, 2.45) is 0 Å². The molecular formula is C18H16ClFN4OS2. The van der Waals surface area contributed by atoms with Crippen molar-refractivity contribution in [2.75, 3.05) is 11.4 Å². The molecule has 3 heterocycles. The zero-order chi connectivity index (χ0) is 17.9. The third kappa shape index (κ3) is 4.35. The Hall–Kier alpha value is -2.29. The number of fused-ring (bicyclic) bond motifs is 1. The lowest BCUT2D eigenvalue weighted by Gasteiger charge is -2.19. The van der Waals surface area contributed by atoms with Gasteiger partial charge >= 0.3 is 0 Å². The minimum Gasteiger partial charge on any atom is -0.337 e. The van der Waals surface area contributed by atoms with Crippen LogP contribution in [0.5, 0.6) is 0 Å². The zero-order valence-electron chi connectivity index (χ0n) is 14.1. The van der Waals surface area contributed by atoms with E-state index in [0.29, 0.717) is 22.1 Å². The first-order chi connectivity index (χ1) is 12.7. The molecule has 0 bridgehead atoms. The quantitative estimate of drug-likeness (QED) is 0.446. The largest absolute Gasteiger partial charge is 0.337 e. The first kappa shape index (κ1) is 19.5. The van der Waals surface area contributed by atoms with E-state index < -0.39 is 0 Å². The van der Waals surface area contributed by atoms with Gasteiger partial charge in [0.05, 0.1) is 21.4 Å². The van der Waals surface area contributed by atoms with Crippen LogP contribution in [0.25, 0.3) is 10.2 Å². The van der Waals surface area contributed by atoms with Crippen molar-refractivity contribution in [1.29, 1.82) is 0 Å². The fraction of sp³-hybridized carbons (Fsp3) is 0.167. The number of carbonyl (C=O) groups is 1. The topological polar surface area (TPSA) is 51.0 Å². The van der Waals surface area contributed by atoms with Gasteiger partial charge in [-0.1, -0.05) is 17.4 Å². The van der Waals surface area contributed by atoms with Gasteiger partial charge in [0, 0.05) is 25.5 Å². The van der Waals surface area contributed by atoms with E-state index in [1.54, 1.807) is 23.5 Å². The molecule has 3 aromatic heterocycles. The predicted molar refractivity (Wildman–Crippen MR) is 110 cm³/mol. The van der Waals surface area contributed by atoms with Crippen molar-refractivity contribution < 1.29 is 9.18 Å². The molecule has 0 atom stereocenters. The number of carbonyl (C=O) groups excluding carboxylic acids is 1. The Labute approximate surface area is 169 Å². The molecule has 5 nitrogen and oxygen atoms in total. The number of hydrogen-bond donors (Lipinski definition) is 0. The van der Waals surface area contributed by atoms with Crippen molar-refractivity contribution in [3.05, 3.63) is 65.1 Å². The molecule has 4 aromatic rings. The van der Waals surface area contributed by atoms with Gasteiger partial charge < -0.3 is 4.57 Å². The highest BCUT2D eigenvalue weighted by molar-refractivity contribution is 7.22. The molecule has 0 N–H and O–H groups in total. The molecule has 0 aliphatic rings. The Bertz CT molecular complexity index is 1020. The van der Waals surface area contributed by atoms with Crippen LogP contribution in [0.1, 0.15) is 16.1 Å². The van der Waals surface area contributed by atoms with E-state index in [9.17, 15) is 9.18 Å². The van der Waals surface area contributed by atoms with Crippen molar-refractivity contribution in [1.82, 2.24) is 14.5 Å². The van der Waals surface area contributed by atoms with Crippen LogP contribution in [-0.2, 0) is 6.54 Å². The van der Waals surface area contributed by atoms with Crippen molar-refractivity contribution in [3.63, 3.8) is 0 Å². The molecule has 0 spiro atoms. The molecule has 0 fully saturated rings. The Morgan fingerprint density at radius 3 is 2.93 bits per heavy atom.